The first-order valence-corrected chi connectivity index (χ1v) is 9.15. The number of rotatable bonds is 2. The molecule has 1 fully saturated rings. The fourth-order valence-corrected chi connectivity index (χ4v) is 6.60. The third-order valence-electron chi connectivity index (χ3n) is 3.51. The average molecular weight is 352 g/mol. The summed E-state index contributed by atoms with van der Waals surface area (Å²) in [6, 6.07) is 1.82. The van der Waals surface area contributed by atoms with E-state index in [9.17, 15) is 8.42 Å². The molecule has 1 aromatic rings. The first-order valence-electron chi connectivity index (χ1n) is 6.10. The molecule has 1 saturated heterocycles. The molecule has 2 rings (SSSR count). The molecule has 0 spiro atoms. The Morgan fingerprint density at radius 1 is 1.44 bits per heavy atom. The van der Waals surface area contributed by atoms with Gasteiger partial charge in [0.05, 0.1) is 8.68 Å². The van der Waals surface area contributed by atoms with Gasteiger partial charge in [0.2, 0.25) is 10.0 Å². The van der Waals surface area contributed by atoms with Gasteiger partial charge >= 0.3 is 0 Å². The summed E-state index contributed by atoms with van der Waals surface area (Å²) in [5.41, 5.74) is 0. The van der Waals surface area contributed by atoms with Crippen LogP contribution in [0.2, 0.25) is 0 Å². The van der Waals surface area contributed by atoms with E-state index in [1.807, 2.05) is 13.8 Å². The molecule has 2 unspecified atom stereocenters. The van der Waals surface area contributed by atoms with E-state index in [1.54, 1.807) is 10.4 Å². The van der Waals surface area contributed by atoms with Crippen molar-refractivity contribution in [3.05, 3.63) is 14.7 Å². The van der Waals surface area contributed by atoms with E-state index >= 15 is 0 Å². The van der Waals surface area contributed by atoms with Crippen molar-refractivity contribution in [1.82, 2.24) is 4.31 Å². The molecule has 2 atom stereocenters. The largest absolute Gasteiger partial charge is 0.244 e. The second-order valence-corrected chi connectivity index (χ2v) is 9.56. The molecule has 0 amide bonds. The van der Waals surface area contributed by atoms with Crippen LogP contribution in [0.3, 0.4) is 0 Å². The fourth-order valence-electron chi connectivity index (χ4n) is 2.56. The van der Waals surface area contributed by atoms with Crippen molar-refractivity contribution in [1.29, 1.82) is 0 Å². The van der Waals surface area contributed by atoms with Crippen LogP contribution in [0.25, 0.3) is 0 Å². The minimum atomic E-state index is -3.33. The van der Waals surface area contributed by atoms with Crippen LogP contribution < -0.4 is 0 Å². The molecule has 6 heteroatoms. The number of hydrogen-bond donors (Lipinski definition) is 0. The zero-order chi connectivity index (χ0) is 13.5. The summed E-state index contributed by atoms with van der Waals surface area (Å²) < 4.78 is 27.8. The highest BCUT2D eigenvalue weighted by Gasteiger charge is 2.34. The van der Waals surface area contributed by atoms with Gasteiger partial charge in [0.25, 0.3) is 0 Å². The molecule has 2 heterocycles. The van der Waals surface area contributed by atoms with Gasteiger partial charge in [-0.1, -0.05) is 6.92 Å². The highest BCUT2D eigenvalue weighted by atomic mass is 79.9. The number of aryl methyl sites for hydroxylation is 1. The Morgan fingerprint density at radius 2 is 2.11 bits per heavy atom. The highest BCUT2D eigenvalue weighted by molar-refractivity contribution is 9.11. The van der Waals surface area contributed by atoms with Gasteiger partial charge in [-0.3, -0.25) is 0 Å². The Hall–Kier alpha value is 0.0900. The van der Waals surface area contributed by atoms with Gasteiger partial charge in [-0.2, -0.15) is 4.31 Å². The Kier molecular flexibility index (Phi) is 4.21. The third-order valence-corrected chi connectivity index (χ3v) is 7.33. The van der Waals surface area contributed by atoms with E-state index in [1.165, 1.54) is 11.3 Å². The lowest BCUT2D eigenvalue weighted by atomic mass is 9.95. The Bertz CT molecular complexity index is 538. The van der Waals surface area contributed by atoms with Crippen LogP contribution in [0.15, 0.2) is 14.7 Å². The van der Waals surface area contributed by atoms with Crippen molar-refractivity contribution in [3.8, 4) is 0 Å². The highest BCUT2D eigenvalue weighted by Crippen LogP contribution is 2.34. The van der Waals surface area contributed by atoms with Gasteiger partial charge in [-0.05, 0) is 54.6 Å². The standard InChI is InChI=1S/C12H18BrNO2S2/c1-8-4-5-14(9(2)6-8)18(15,16)11-7-12(13)17-10(11)3/h7-9H,4-6H2,1-3H3. The van der Waals surface area contributed by atoms with E-state index in [0.717, 1.165) is 21.5 Å². The number of halogens is 1. The number of thiophene rings is 1. The molecule has 0 aliphatic carbocycles. The van der Waals surface area contributed by atoms with Gasteiger partial charge in [-0.25, -0.2) is 8.42 Å². The lowest BCUT2D eigenvalue weighted by Crippen LogP contribution is -2.44. The molecule has 1 aliphatic heterocycles. The number of sulfonamides is 1. The van der Waals surface area contributed by atoms with Gasteiger partial charge < -0.3 is 0 Å². The van der Waals surface area contributed by atoms with Crippen molar-refractivity contribution < 1.29 is 8.42 Å². The molecular weight excluding hydrogens is 334 g/mol. The zero-order valence-electron chi connectivity index (χ0n) is 10.8. The maximum atomic E-state index is 12.7. The van der Waals surface area contributed by atoms with E-state index in [4.69, 9.17) is 0 Å². The van der Waals surface area contributed by atoms with Crippen LogP contribution in [0.4, 0.5) is 0 Å². The van der Waals surface area contributed by atoms with Crippen molar-refractivity contribution >= 4 is 37.3 Å². The molecular formula is C12H18BrNO2S2. The molecule has 102 valence electrons. The Morgan fingerprint density at radius 3 is 2.61 bits per heavy atom. The smallest absolute Gasteiger partial charge is 0.207 e. The van der Waals surface area contributed by atoms with E-state index in [0.29, 0.717) is 17.4 Å². The number of nitrogens with zero attached hydrogens (tertiary/aromatic N) is 1. The van der Waals surface area contributed by atoms with Crippen LogP contribution >= 0.6 is 27.3 Å². The second kappa shape index (κ2) is 5.23. The lowest BCUT2D eigenvalue weighted by molar-refractivity contribution is 0.220. The first kappa shape index (κ1) is 14.5. The van der Waals surface area contributed by atoms with Crippen LogP contribution in [-0.2, 0) is 10.0 Å². The summed E-state index contributed by atoms with van der Waals surface area (Å²) in [6.07, 6.45) is 1.90. The maximum Gasteiger partial charge on any atom is 0.244 e. The van der Waals surface area contributed by atoms with Gasteiger partial charge in [-0.15, -0.1) is 11.3 Å². The lowest BCUT2D eigenvalue weighted by Gasteiger charge is -2.35. The van der Waals surface area contributed by atoms with Crippen LogP contribution in [0.5, 0.6) is 0 Å². The number of hydrogen-bond acceptors (Lipinski definition) is 3. The Balaban J connectivity index is 2.34. The van der Waals surface area contributed by atoms with Crippen LogP contribution in [0, 0.1) is 12.8 Å². The molecule has 0 aromatic carbocycles. The molecule has 1 aromatic heterocycles. The maximum absolute atomic E-state index is 12.7. The van der Waals surface area contributed by atoms with Crippen molar-refractivity contribution in [2.45, 2.75) is 44.6 Å². The molecule has 0 radical (unpaired) electrons. The van der Waals surface area contributed by atoms with E-state index < -0.39 is 10.0 Å². The molecule has 1 aliphatic rings. The molecule has 0 N–H and O–H groups in total. The monoisotopic (exact) mass is 351 g/mol. The molecule has 3 nitrogen and oxygen atoms in total. The van der Waals surface area contributed by atoms with Crippen LogP contribution in [-0.4, -0.2) is 25.3 Å². The summed E-state index contributed by atoms with van der Waals surface area (Å²) in [5, 5.41) is 0. The predicted octanol–water partition coefficient (Wildman–Crippen LogP) is 3.63. The predicted molar refractivity (Wildman–Crippen MR) is 78.5 cm³/mol. The fraction of sp³-hybridized carbons (Fsp3) is 0.667. The minimum Gasteiger partial charge on any atom is -0.207 e. The topological polar surface area (TPSA) is 37.4 Å². The molecule has 0 bridgehead atoms. The summed E-state index contributed by atoms with van der Waals surface area (Å²) in [4.78, 5) is 1.31. The van der Waals surface area contributed by atoms with E-state index in [-0.39, 0.29) is 6.04 Å². The SMILES string of the molecule is Cc1sc(Br)cc1S(=O)(=O)N1CCC(C)CC1C. The molecule has 18 heavy (non-hydrogen) atoms. The van der Waals surface area contributed by atoms with Gasteiger partial charge in [0.1, 0.15) is 0 Å². The summed E-state index contributed by atoms with van der Waals surface area (Å²) in [5.74, 6) is 0.613. The van der Waals surface area contributed by atoms with Crippen LogP contribution in [0.1, 0.15) is 31.6 Å². The van der Waals surface area contributed by atoms with E-state index in [2.05, 4.69) is 22.9 Å². The third kappa shape index (κ3) is 2.66. The molecule has 0 saturated carbocycles. The second-order valence-electron chi connectivity index (χ2n) is 5.07. The quantitative estimate of drug-likeness (QED) is 0.815. The average Bonchev–Trinajstić information content (AvgIpc) is 2.57. The summed E-state index contributed by atoms with van der Waals surface area (Å²) >= 11 is 4.83. The normalized spacial score (nSPS) is 26.4. The Labute approximate surface area is 121 Å². The number of piperidine rings is 1. The van der Waals surface area contributed by atoms with Crippen molar-refractivity contribution in [3.63, 3.8) is 0 Å². The van der Waals surface area contributed by atoms with Gasteiger partial charge in [0, 0.05) is 17.5 Å². The van der Waals surface area contributed by atoms with Gasteiger partial charge in [0.15, 0.2) is 0 Å². The summed E-state index contributed by atoms with van der Waals surface area (Å²) in [6.45, 7) is 6.69. The zero-order valence-corrected chi connectivity index (χ0v) is 14.0. The first-order chi connectivity index (χ1) is 8.32. The van der Waals surface area contributed by atoms with Crippen molar-refractivity contribution in [2.75, 3.05) is 6.54 Å². The summed E-state index contributed by atoms with van der Waals surface area (Å²) in [7, 11) is -3.33. The minimum absolute atomic E-state index is 0.0943. The van der Waals surface area contributed by atoms with Crippen molar-refractivity contribution in [2.24, 2.45) is 5.92 Å².